The van der Waals surface area contributed by atoms with E-state index < -0.39 is 0 Å². The molecular weight excluding hydrogens is 517 g/mol. The normalized spacial score (nSPS) is 23.6. The molecule has 4 rings (SSSR count). The monoisotopic (exact) mass is 557 g/mol. The second-order valence-electron chi connectivity index (χ2n) is 9.45. The molecule has 2 heterocycles. The largest absolute Gasteiger partial charge is 0.355 e. The van der Waals surface area contributed by atoms with Crippen molar-refractivity contribution in [3.05, 3.63) is 30.3 Å². The molecule has 0 radical (unpaired) electrons. The van der Waals surface area contributed by atoms with Gasteiger partial charge in [0.2, 0.25) is 0 Å². The van der Waals surface area contributed by atoms with Crippen molar-refractivity contribution in [2.24, 2.45) is 4.99 Å². The zero-order valence-electron chi connectivity index (χ0n) is 19.2. The molecule has 0 bridgehead atoms. The fourth-order valence-electron chi connectivity index (χ4n) is 4.91. The smallest absolute Gasteiger partial charge is 0.191 e. The number of halogens is 1. The van der Waals surface area contributed by atoms with Crippen molar-refractivity contribution in [3.8, 4) is 0 Å². The maximum absolute atomic E-state index is 4.56. The van der Waals surface area contributed by atoms with Crippen LogP contribution in [0.3, 0.4) is 0 Å². The van der Waals surface area contributed by atoms with Crippen LogP contribution in [-0.4, -0.2) is 79.4 Å². The summed E-state index contributed by atoms with van der Waals surface area (Å²) in [5.41, 5.74) is 0.278. The third-order valence-electron chi connectivity index (χ3n) is 7.22. The van der Waals surface area contributed by atoms with E-state index in [9.17, 15) is 0 Å². The van der Waals surface area contributed by atoms with Crippen molar-refractivity contribution in [2.75, 3.05) is 53.4 Å². The van der Waals surface area contributed by atoms with Gasteiger partial charge in [0.25, 0.3) is 0 Å². The summed E-state index contributed by atoms with van der Waals surface area (Å²) in [5, 5.41) is 7.38. The number of rotatable bonds is 7. The summed E-state index contributed by atoms with van der Waals surface area (Å²) < 4.78 is 0.330. The topological polar surface area (TPSA) is 42.9 Å². The van der Waals surface area contributed by atoms with Gasteiger partial charge in [-0.3, -0.25) is 9.89 Å². The van der Waals surface area contributed by atoms with Crippen LogP contribution in [0.15, 0.2) is 40.2 Å². The van der Waals surface area contributed by atoms with Crippen LogP contribution in [0.1, 0.15) is 44.9 Å². The summed E-state index contributed by atoms with van der Waals surface area (Å²) in [4.78, 5) is 11.2. The summed E-state index contributed by atoms with van der Waals surface area (Å²) in [6.45, 7) is 6.88. The molecule has 2 saturated heterocycles. The van der Waals surface area contributed by atoms with Gasteiger partial charge >= 0.3 is 0 Å². The first kappa shape index (κ1) is 25.1. The molecule has 3 fully saturated rings. The number of guanidine groups is 1. The standard InChI is InChI=1S/C24H39N5S.HI/c1-25-22(27-20-24(11-12-24)30-21-9-5-3-6-10-21)26-19-23(13-17-28(2)18-14-23)29-15-7-4-8-16-29;/h3,5-6,9-10H,4,7-8,11-20H2,1-2H3,(H2,25,26,27);1H. The Balaban J connectivity index is 0.00000272. The highest BCUT2D eigenvalue weighted by Crippen LogP contribution is 2.51. The molecule has 2 aliphatic heterocycles. The molecule has 174 valence electrons. The van der Waals surface area contributed by atoms with E-state index in [1.54, 1.807) is 0 Å². The molecule has 1 aliphatic carbocycles. The molecule has 1 aromatic carbocycles. The first-order valence-corrected chi connectivity index (χ1v) is 12.6. The Hall–Kier alpha value is -0.510. The molecule has 31 heavy (non-hydrogen) atoms. The van der Waals surface area contributed by atoms with E-state index in [1.807, 2.05) is 18.8 Å². The van der Waals surface area contributed by atoms with Crippen LogP contribution in [-0.2, 0) is 0 Å². The average molecular weight is 558 g/mol. The Morgan fingerprint density at radius 1 is 0.935 bits per heavy atom. The molecule has 3 aliphatic rings. The number of piperidine rings is 2. The van der Waals surface area contributed by atoms with Crippen molar-refractivity contribution in [1.82, 2.24) is 20.4 Å². The lowest BCUT2D eigenvalue weighted by Gasteiger charge is -2.50. The van der Waals surface area contributed by atoms with E-state index >= 15 is 0 Å². The van der Waals surface area contributed by atoms with Crippen molar-refractivity contribution in [3.63, 3.8) is 0 Å². The first-order chi connectivity index (χ1) is 14.6. The van der Waals surface area contributed by atoms with Gasteiger partial charge in [-0.2, -0.15) is 0 Å². The van der Waals surface area contributed by atoms with Crippen molar-refractivity contribution >= 4 is 41.7 Å². The molecule has 7 heteroatoms. The van der Waals surface area contributed by atoms with Crippen LogP contribution in [0.4, 0.5) is 0 Å². The minimum Gasteiger partial charge on any atom is -0.355 e. The van der Waals surface area contributed by atoms with E-state index in [2.05, 4.69) is 62.8 Å². The average Bonchev–Trinajstić information content (AvgIpc) is 3.56. The molecule has 2 N–H and O–H groups in total. The lowest BCUT2D eigenvalue weighted by atomic mass is 9.84. The Morgan fingerprint density at radius 2 is 1.58 bits per heavy atom. The second-order valence-corrected chi connectivity index (χ2v) is 11.0. The number of hydrogen-bond donors (Lipinski definition) is 2. The Labute approximate surface area is 210 Å². The Kier molecular flexibility index (Phi) is 9.37. The zero-order valence-corrected chi connectivity index (χ0v) is 22.4. The van der Waals surface area contributed by atoms with Crippen LogP contribution < -0.4 is 10.6 Å². The van der Waals surface area contributed by atoms with Gasteiger partial charge in [-0.25, -0.2) is 0 Å². The van der Waals surface area contributed by atoms with E-state index in [4.69, 9.17) is 0 Å². The van der Waals surface area contributed by atoms with E-state index in [0.29, 0.717) is 4.75 Å². The van der Waals surface area contributed by atoms with Crippen LogP contribution in [0.5, 0.6) is 0 Å². The quantitative estimate of drug-likeness (QED) is 0.301. The Bertz CT molecular complexity index is 695. The maximum Gasteiger partial charge on any atom is 0.191 e. The number of hydrogen-bond acceptors (Lipinski definition) is 4. The van der Waals surface area contributed by atoms with Gasteiger partial charge in [0.05, 0.1) is 0 Å². The van der Waals surface area contributed by atoms with Gasteiger partial charge in [0, 0.05) is 35.3 Å². The fraction of sp³-hybridized carbons (Fsp3) is 0.708. The third kappa shape index (κ3) is 6.74. The van der Waals surface area contributed by atoms with Gasteiger partial charge in [0.15, 0.2) is 5.96 Å². The van der Waals surface area contributed by atoms with Gasteiger partial charge < -0.3 is 15.5 Å². The van der Waals surface area contributed by atoms with Crippen molar-refractivity contribution < 1.29 is 0 Å². The molecule has 0 amide bonds. The SMILES string of the molecule is CN=C(NCC1(Sc2ccccc2)CC1)NCC1(N2CCCCC2)CCN(C)CC1.I. The fourth-order valence-corrected chi connectivity index (χ4v) is 6.16. The molecule has 0 unspecified atom stereocenters. The maximum atomic E-state index is 4.56. The highest BCUT2D eigenvalue weighted by atomic mass is 127. The van der Waals surface area contributed by atoms with Gasteiger partial charge in [-0.15, -0.1) is 35.7 Å². The minimum absolute atomic E-state index is 0. The van der Waals surface area contributed by atoms with E-state index in [-0.39, 0.29) is 29.5 Å². The second kappa shape index (κ2) is 11.6. The number of aliphatic imine (C=N–C) groups is 1. The molecule has 1 saturated carbocycles. The summed E-state index contributed by atoms with van der Waals surface area (Å²) in [6, 6.07) is 10.8. The van der Waals surface area contributed by atoms with Crippen molar-refractivity contribution in [1.29, 1.82) is 0 Å². The molecule has 1 aromatic rings. The number of nitrogens with one attached hydrogen (secondary N) is 2. The van der Waals surface area contributed by atoms with E-state index in [1.165, 1.54) is 76.0 Å². The summed E-state index contributed by atoms with van der Waals surface area (Å²) >= 11 is 2.02. The predicted octanol–water partition coefficient (Wildman–Crippen LogP) is 4.04. The summed E-state index contributed by atoms with van der Waals surface area (Å²) in [5.74, 6) is 0.963. The zero-order chi connectivity index (χ0) is 20.9. The summed E-state index contributed by atoms with van der Waals surface area (Å²) in [6.07, 6.45) is 9.15. The highest BCUT2D eigenvalue weighted by molar-refractivity contribution is 14.0. The lowest BCUT2D eigenvalue weighted by molar-refractivity contribution is 0.0173. The van der Waals surface area contributed by atoms with Gasteiger partial charge in [-0.1, -0.05) is 24.6 Å². The molecule has 0 aromatic heterocycles. The number of thioether (sulfide) groups is 1. The summed E-state index contributed by atoms with van der Waals surface area (Å²) in [7, 11) is 4.16. The predicted molar refractivity (Wildman–Crippen MR) is 144 cm³/mol. The van der Waals surface area contributed by atoms with E-state index in [0.717, 1.165) is 19.0 Å². The van der Waals surface area contributed by atoms with Crippen LogP contribution in [0.25, 0.3) is 0 Å². The first-order valence-electron chi connectivity index (χ1n) is 11.8. The third-order valence-corrected chi connectivity index (χ3v) is 8.71. The van der Waals surface area contributed by atoms with Gasteiger partial charge in [0.1, 0.15) is 0 Å². The molecule has 0 atom stereocenters. The van der Waals surface area contributed by atoms with Crippen molar-refractivity contribution in [2.45, 2.75) is 60.1 Å². The Morgan fingerprint density at radius 3 is 2.19 bits per heavy atom. The number of likely N-dealkylation sites (tertiary alicyclic amines) is 2. The van der Waals surface area contributed by atoms with Crippen LogP contribution >= 0.6 is 35.7 Å². The van der Waals surface area contributed by atoms with Crippen LogP contribution in [0.2, 0.25) is 0 Å². The lowest BCUT2D eigenvalue weighted by Crippen LogP contribution is -2.62. The molecular formula is C24H40IN5S. The highest BCUT2D eigenvalue weighted by Gasteiger charge is 2.44. The molecule has 5 nitrogen and oxygen atoms in total. The number of nitrogens with zero attached hydrogens (tertiary/aromatic N) is 3. The van der Waals surface area contributed by atoms with Crippen LogP contribution in [0, 0.1) is 0 Å². The van der Waals surface area contributed by atoms with Gasteiger partial charge in [-0.05, 0) is 83.9 Å². The number of benzene rings is 1. The minimum atomic E-state index is 0. The molecule has 0 spiro atoms.